The third kappa shape index (κ3) is 2.74. The maximum Gasteiger partial charge on any atom is 0.183 e. The predicted octanol–water partition coefficient (Wildman–Crippen LogP) is 7.98. The maximum absolute atomic E-state index is 2.33. The Hall–Kier alpha value is -3.68. The van der Waals surface area contributed by atoms with Gasteiger partial charge in [0.1, 0.15) is 11.4 Å². The summed E-state index contributed by atoms with van der Waals surface area (Å²) in [6.07, 6.45) is 0. The SMILES string of the molecule is c1ccc(C2C(c3cccc4ccccc34)[N+]2(c2ccccc2)c2ccccc2)cc1. The molecule has 5 aromatic rings. The summed E-state index contributed by atoms with van der Waals surface area (Å²) in [6.45, 7) is 0. The Labute approximate surface area is 183 Å². The fourth-order valence-corrected chi connectivity index (χ4v) is 5.45. The molecule has 0 aromatic heterocycles. The highest BCUT2D eigenvalue weighted by Crippen LogP contribution is 2.70. The van der Waals surface area contributed by atoms with Gasteiger partial charge in [-0.1, -0.05) is 109 Å². The molecule has 0 saturated carbocycles. The quantitative estimate of drug-likeness (QED) is 0.213. The zero-order valence-electron chi connectivity index (χ0n) is 17.3. The normalized spacial score (nSPS) is 19.2. The van der Waals surface area contributed by atoms with Gasteiger partial charge in [0.15, 0.2) is 12.1 Å². The van der Waals surface area contributed by atoms with E-state index < -0.39 is 0 Å². The van der Waals surface area contributed by atoms with E-state index in [0.717, 1.165) is 4.48 Å². The van der Waals surface area contributed by atoms with Crippen LogP contribution in [0.25, 0.3) is 10.8 Å². The zero-order chi connectivity index (χ0) is 20.7. The lowest BCUT2D eigenvalue weighted by atomic mass is 9.98. The number of para-hydroxylation sites is 2. The number of hydrogen-bond acceptors (Lipinski definition) is 0. The summed E-state index contributed by atoms with van der Waals surface area (Å²) < 4.78 is 0.819. The molecule has 1 nitrogen and oxygen atoms in total. The Balaban J connectivity index is 1.66. The predicted molar refractivity (Wildman–Crippen MR) is 130 cm³/mol. The lowest BCUT2D eigenvalue weighted by molar-refractivity contribution is 0.643. The Morgan fingerprint density at radius 3 is 1.58 bits per heavy atom. The second-order valence-corrected chi connectivity index (χ2v) is 8.32. The van der Waals surface area contributed by atoms with Crippen LogP contribution < -0.4 is 4.48 Å². The summed E-state index contributed by atoms with van der Waals surface area (Å²) in [6, 6.07) is 49.2. The van der Waals surface area contributed by atoms with Gasteiger partial charge in [-0.3, -0.25) is 0 Å². The molecule has 1 fully saturated rings. The van der Waals surface area contributed by atoms with Crippen molar-refractivity contribution < 1.29 is 0 Å². The molecular weight excluding hydrogens is 374 g/mol. The van der Waals surface area contributed by atoms with Crippen molar-refractivity contribution >= 4 is 22.1 Å². The van der Waals surface area contributed by atoms with E-state index in [0.29, 0.717) is 12.1 Å². The highest BCUT2D eigenvalue weighted by atomic mass is 15.6. The number of fused-ring (bicyclic) bond motifs is 1. The van der Waals surface area contributed by atoms with Crippen molar-refractivity contribution in [2.45, 2.75) is 12.1 Å². The Morgan fingerprint density at radius 2 is 0.935 bits per heavy atom. The van der Waals surface area contributed by atoms with E-state index in [1.54, 1.807) is 0 Å². The minimum atomic E-state index is 0.318. The summed E-state index contributed by atoms with van der Waals surface area (Å²) in [5, 5.41) is 2.65. The fraction of sp³-hybridized carbons (Fsp3) is 0.0667. The van der Waals surface area contributed by atoms with E-state index in [4.69, 9.17) is 0 Å². The minimum absolute atomic E-state index is 0.318. The topological polar surface area (TPSA) is 0 Å². The van der Waals surface area contributed by atoms with Crippen molar-refractivity contribution in [2.24, 2.45) is 0 Å². The van der Waals surface area contributed by atoms with Crippen molar-refractivity contribution in [2.75, 3.05) is 0 Å². The fourth-order valence-electron chi connectivity index (χ4n) is 5.45. The maximum atomic E-state index is 2.33. The Kier molecular flexibility index (Phi) is 4.22. The molecule has 0 aliphatic carbocycles. The third-order valence-corrected chi connectivity index (χ3v) is 6.74. The van der Waals surface area contributed by atoms with Crippen LogP contribution in [0.3, 0.4) is 0 Å². The first-order chi connectivity index (χ1) is 15.4. The molecule has 0 amide bonds. The number of hydrogen-bond donors (Lipinski definition) is 0. The van der Waals surface area contributed by atoms with Crippen molar-refractivity contribution in [1.82, 2.24) is 4.48 Å². The largest absolute Gasteiger partial charge is 0.236 e. The summed E-state index contributed by atoms with van der Waals surface area (Å²) in [4.78, 5) is 0. The van der Waals surface area contributed by atoms with Crippen molar-refractivity contribution in [3.63, 3.8) is 0 Å². The van der Waals surface area contributed by atoms with Gasteiger partial charge in [-0.25, -0.2) is 4.48 Å². The molecule has 1 heteroatoms. The molecule has 0 radical (unpaired) electrons. The molecule has 1 saturated heterocycles. The average molecular weight is 399 g/mol. The second-order valence-electron chi connectivity index (χ2n) is 8.32. The first-order valence-corrected chi connectivity index (χ1v) is 10.9. The van der Waals surface area contributed by atoms with Crippen LogP contribution in [-0.4, -0.2) is 0 Å². The molecule has 1 aliphatic rings. The van der Waals surface area contributed by atoms with Gasteiger partial charge in [-0.05, 0) is 35.0 Å². The van der Waals surface area contributed by atoms with Crippen LogP contribution >= 0.6 is 0 Å². The number of quaternary nitrogens is 1. The summed E-state index contributed by atoms with van der Waals surface area (Å²) >= 11 is 0. The van der Waals surface area contributed by atoms with Crippen LogP contribution in [0.4, 0.5) is 11.4 Å². The smallest absolute Gasteiger partial charge is 0.183 e. The van der Waals surface area contributed by atoms with Crippen LogP contribution in [-0.2, 0) is 0 Å². The van der Waals surface area contributed by atoms with Gasteiger partial charge >= 0.3 is 0 Å². The Bertz CT molecular complexity index is 1280. The first-order valence-electron chi connectivity index (χ1n) is 10.9. The molecule has 0 bridgehead atoms. The highest BCUT2D eigenvalue weighted by Gasteiger charge is 2.70. The molecule has 5 aromatic carbocycles. The van der Waals surface area contributed by atoms with Gasteiger partial charge in [-0.15, -0.1) is 0 Å². The lowest BCUT2D eigenvalue weighted by Gasteiger charge is -2.22. The summed E-state index contributed by atoms with van der Waals surface area (Å²) in [5.74, 6) is 0. The standard InChI is InChI=1S/C30H24N/c1-4-14-24(15-5-1)29-30(28-22-12-16-23-13-10-11-21-27(23)28)31(29,25-17-6-2-7-18-25)26-19-8-3-9-20-26/h1-22,29-30H/q+1. The van der Waals surface area contributed by atoms with Crippen LogP contribution in [0, 0.1) is 0 Å². The third-order valence-electron chi connectivity index (χ3n) is 6.74. The molecule has 6 rings (SSSR count). The molecule has 148 valence electrons. The first kappa shape index (κ1) is 18.1. The molecule has 1 heterocycles. The van der Waals surface area contributed by atoms with E-state index in [9.17, 15) is 0 Å². The van der Waals surface area contributed by atoms with E-state index in [2.05, 4.69) is 133 Å². The zero-order valence-corrected chi connectivity index (χ0v) is 17.3. The second kappa shape index (κ2) is 7.23. The number of rotatable bonds is 4. The summed E-state index contributed by atoms with van der Waals surface area (Å²) in [5.41, 5.74) is 5.47. The van der Waals surface area contributed by atoms with Crippen molar-refractivity contribution in [3.05, 3.63) is 145 Å². The van der Waals surface area contributed by atoms with Gasteiger partial charge < -0.3 is 0 Å². The number of nitrogens with zero attached hydrogens (tertiary/aromatic N) is 1. The van der Waals surface area contributed by atoms with Gasteiger partial charge in [-0.2, -0.15) is 0 Å². The van der Waals surface area contributed by atoms with E-state index in [1.165, 1.54) is 33.3 Å². The van der Waals surface area contributed by atoms with Gasteiger partial charge in [0.05, 0.1) is 0 Å². The molecule has 31 heavy (non-hydrogen) atoms. The van der Waals surface area contributed by atoms with Crippen LogP contribution in [0.2, 0.25) is 0 Å². The molecule has 0 spiro atoms. The molecular formula is C30H24N+. The van der Waals surface area contributed by atoms with Crippen LogP contribution in [0.1, 0.15) is 23.2 Å². The van der Waals surface area contributed by atoms with Gasteiger partial charge in [0.25, 0.3) is 0 Å². The Morgan fingerprint density at radius 1 is 0.419 bits per heavy atom. The highest BCUT2D eigenvalue weighted by molar-refractivity contribution is 5.88. The lowest BCUT2D eigenvalue weighted by Crippen LogP contribution is -2.21. The monoisotopic (exact) mass is 398 g/mol. The van der Waals surface area contributed by atoms with E-state index in [1.807, 2.05) is 0 Å². The van der Waals surface area contributed by atoms with Gasteiger partial charge in [0, 0.05) is 11.1 Å². The van der Waals surface area contributed by atoms with Gasteiger partial charge in [0.2, 0.25) is 0 Å². The van der Waals surface area contributed by atoms with Crippen LogP contribution in [0.15, 0.2) is 133 Å². The minimum Gasteiger partial charge on any atom is -0.236 e. The van der Waals surface area contributed by atoms with Crippen molar-refractivity contribution in [1.29, 1.82) is 0 Å². The molecule has 2 atom stereocenters. The molecule has 0 N–H and O–H groups in total. The molecule has 2 unspecified atom stereocenters. The van der Waals surface area contributed by atoms with Crippen LogP contribution in [0.5, 0.6) is 0 Å². The van der Waals surface area contributed by atoms with E-state index >= 15 is 0 Å². The van der Waals surface area contributed by atoms with E-state index in [-0.39, 0.29) is 0 Å². The molecule has 1 aliphatic heterocycles. The summed E-state index contributed by atoms with van der Waals surface area (Å²) in [7, 11) is 0. The number of benzene rings is 5. The average Bonchev–Trinajstić information content (AvgIpc) is 3.56. The van der Waals surface area contributed by atoms with Crippen molar-refractivity contribution in [3.8, 4) is 0 Å².